The van der Waals surface area contributed by atoms with Crippen LogP contribution in [0.15, 0.2) is 97.1 Å². The van der Waals surface area contributed by atoms with Gasteiger partial charge < -0.3 is 10.6 Å². The van der Waals surface area contributed by atoms with Crippen molar-refractivity contribution in [3.63, 3.8) is 0 Å². The molecule has 2 N–H and O–H groups in total. The molecule has 3 aromatic carbocycles. The Morgan fingerprint density at radius 2 is 1.39 bits per heavy atom. The summed E-state index contributed by atoms with van der Waals surface area (Å²) in [6.07, 6.45) is 7.26. The number of anilines is 2. The van der Waals surface area contributed by atoms with Crippen LogP contribution in [0.1, 0.15) is 23.1 Å². The third-order valence-corrected chi connectivity index (χ3v) is 5.24. The van der Waals surface area contributed by atoms with E-state index in [2.05, 4.69) is 110 Å². The molecule has 0 bridgehead atoms. The molecule has 0 fully saturated rings. The SMILES string of the molecule is Cc1cccc(N(c2cccc(C)c2)C2(N)C=CC(c3ccccc3)=CC2)c1. The molecule has 1 unspecified atom stereocenters. The van der Waals surface area contributed by atoms with Gasteiger partial charge in [-0.05, 0) is 66.5 Å². The van der Waals surface area contributed by atoms with Crippen LogP contribution in [0.3, 0.4) is 0 Å². The second kappa shape index (κ2) is 7.49. The smallest absolute Gasteiger partial charge is 0.116 e. The fraction of sp³-hybridized carbons (Fsp3) is 0.154. The van der Waals surface area contributed by atoms with Crippen LogP contribution in [-0.4, -0.2) is 5.66 Å². The van der Waals surface area contributed by atoms with E-state index in [0.29, 0.717) is 0 Å². The minimum absolute atomic E-state index is 0.625. The molecule has 0 saturated carbocycles. The van der Waals surface area contributed by atoms with E-state index in [1.807, 2.05) is 6.07 Å². The summed E-state index contributed by atoms with van der Waals surface area (Å²) in [6.45, 7) is 4.23. The molecule has 140 valence electrons. The van der Waals surface area contributed by atoms with E-state index in [0.717, 1.165) is 17.8 Å². The van der Waals surface area contributed by atoms with E-state index in [1.54, 1.807) is 0 Å². The molecule has 0 aliphatic heterocycles. The van der Waals surface area contributed by atoms with Crippen LogP contribution in [0.5, 0.6) is 0 Å². The van der Waals surface area contributed by atoms with Crippen molar-refractivity contribution < 1.29 is 0 Å². The predicted octanol–water partition coefficient (Wildman–Crippen LogP) is 6.14. The van der Waals surface area contributed by atoms with Crippen LogP contribution < -0.4 is 10.6 Å². The number of hydrogen-bond acceptors (Lipinski definition) is 2. The highest BCUT2D eigenvalue weighted by molar-refractivity contribution is 5.77. The molecule has 2 heteroatoms. The number of rotatable bonds is 4. The molecule has 1 aliphatic rings. The van der Waals surface area contributed by atoms with Gasteiger partial charge in [0.2, 0.25) is 0 Å². The van der Waals surface area contributed by atoms with Crippen LogP contribution in [0.2, 0.25) is 0 Å². The Bertz CT molecular complexity index is 988. The van der Waals surface area contributed by atoms with Crippen LogP contribution >= 0.6 is 0 Å². The lowest BCUT2D eigenvalue weighted by molar-refractivity contribution is 0.541. The Kier molecular flexibility index (Phi) is 4.89. The Balaban J connectivity index is 1.75. The molecule has 1 aliphatic carbocycles. The van der Waals surface area contributed by atoms with Gasteiger partial charge in [-0.15, -0.1) is 0 Å². The monoisotopic (exact) mass is 366 g/mol. The average molecular weight is 367 g/mol. The number of aryl methyl sites for hydroxylation is 2. The summed E-state index contributed by atoms with van der Waals surface area (Å²) in [5.74, 6) is 0. The minimum Gasteiger partial charge on any atom is -0.319 e. The number of hydrogen-bond donors (Lipinski definition) is 1. The Hall–Kier alpha value is -3.10. The zero-order valence-electron chi connectivity index (χ0n) is 16.5. The van der Waals surface area contributed by atoms with Crippen molar-refractivity contribution >= 4 is 16.9 Å². The molecule has 0 aromatic heterocycles. The van der Waals surface area contributed by atoms with Gasteiger partial charge in [0.15, 0.2) is 0 Å². The summed E-state index contributed by atoms with van der Waals surface area (Å²) in [5, 5.41) is 0. The van der Waals surface area contributed by atoms with Gasteiger partial charge in [-0.25, -0.2) is 0 Å². The van der Waals surface area contributed by atoms with Crippen molar-refractivity contribution in [1.82, 2.24) is 0 Å². The Labute approximate surface area is 167 Å². The van der Waals surface area contributed by atoms with Gasteiger partial charge in [-0.2, -0.15) is 0 Å². The summed E-state index contributed by atoms with van der Waals surface area (Å²) in [6, 6.07) is 27.5. The highest BCUT2D eigenvalue weighted by Gasteiger charge is 2.32. The number of nitrogens with two attached hydrogens (primary N) is 1. The van der Waals surface area contributed by atoms with Gasteiger partial charge in [-0.3, -0.25) is 0 Å². The van der Waals surface area contributed by atoms with Crippen LogP contribution in [0.25, 0.3) is 5.57 Å². The molecule has 0 spiro atoms. The molecule has 0 radical (unpaired) electrons. The van der Waals surface area contributed by atoms with Crippen molar-refractivity contribution in [3.05, 3.63) is 114 Å². The number of benzene rings is 3. The van der Waals surface area contributed by atoms with Gasteiger partial charge >= 0.3 is 0 Å². The zero-order chi connectivity index (χ0) is 19.6. The summed E-state index contributed by atoms with van der Waals surface area (Å²) in [4.78, 5) is 2.25. The van der Waals surface area contributed by atoms with E-state index in [4.69, 9.17) is 5.73 Å². The van der Waals surface area contributed by atoms with E-state index >= 15 is 0 Å². The first-order chi connectivity index (χ1) is 13.5. The lowest BCUT2D eigenvalue weighted by Crippen LogP contribution is -2.53. The van der Waals surface area contributed by atoms with Crippen molar-refractivity contribution in [2.75, 3.05) is 4.90 Å². The van der Waals surface area contributed by atoms with Crippen molar-refractivity contribution in [1.29, 1.82) is 0 Å². The lowest BCUT2D eigenvalue weighted by Gasteiger charge is -2.42. The van der Waals surface area contributed by atoms with Crippen LogP contribution in [0.4, 0.5) is 11.4 Å². The summed E-state index contributed by atoms with van der Waals surface area (Å²) < 4.78 is 0. The Morgan fingerprint density at radius 3 is 1.89 bits per heavy atom. The summed E-state index contributed by atoms with van der Waals surface area (Å²) in [5.41, 5.74) is 13.5. The van der Waals surface area contributed by atoms with Crippen molar-refractivity contribution in [3.8, 4) is 0 Å². The quantitative estimate of drug-likeness (QED) is 0.562. The van der Waals surface area contributed by atoms with E-state index in [-0.39, 0.29) is 0 Å². The van der Waals surface area contributed by atoms with E-state index in [1.165, 1.54) is 22.3 Å². The molecular weight excluding hydrogens is 340 g/mol. The first kappa shape index (κ1) is 18.3. The maximum atomic E-state index is 7.00. The highest BCUT2D eigenvalue weighted by atomic mass is 15.3. The third-order valence-electron chi connectivity index (χ3n) is 5.24. The van der Waals surface area contributed by atoms with Gasteiger partial charge in [-0.1, -0.05) is 66.7 Å². The number of nitrogens with zero attached hydrogens (tertiary/aromatic N) is 1. The molecule has 3 aromatic rings. The molecule has 0 saturated heterocycles. The maximum Gasteiger partial charge on any atom is 0.116 e. The molecule has 4 rings (SSSR count). The molecule has 0 amide bonds. The van der Waals surface area contributed by atoms with E-state index < -0.39 is 5.66 Å². The normalized spacial score (nSPS) is 18.6. The van der Waals surface area contributed by atoms with Crippen molar-refractivity contribution in [2.45, 2.75) is 25.9 Å². The first-order valence-electron chi connectivity index (χ1n) is 9.72. The summed E-state index contributed by atoms with van der Waals surface area (Å²) in [7, 11) is 0. The highest BCUT2D eigenvalue weighted by Crippen LogP contribution is 2.37. The zero-order valence-corrected chi connectivity index (χ0v) is 16.5. The predicted molar refractivity (Wildman–Crippen MR) is 120 cm³/mol. The summed E-state index contributed by atoms with van der Waals surface area (Å²) >= 11 is 0. The molecule has 1 atom stereocenters. The van der Waals surface area contributed by atoms with Gasteiger partial charge in [0, 0.05) is 17.8 Å². The second-order valence-corrected chi connectivity index (χ2v) is 7.57. The van der Waals surface area contributed by atoms with E-state index in [9.17, 15) is 0 Å². The van der Waals surface area contributed by atoms with Crippen LogP contribution in [-0.2, 0) is 0 Å². The van der Waals surface area contributed by atoms with Crippen LogP contribution in [0, 0.1) is 13.8 Å². The molecule has 0 heterocycles. The maximum absolute atomic E-state index is 7.00. The first-order valence-corrected chi connectivity index (χ1v) is 9.72. The largest absolute Gasteiger partial charge is 0.319 e. The lowest BCUT2D eigenvalue weighted by atomic mass is 9.91. The Morgan fingerprint density at radius 1 is 0.786 bits per heavy atom. The second-order valence-electron chi connectivity index (χ2n) is 7.57. The topological polar surface area (TPSA) is 29.3 Å². The molecular formula is C26H26N2. The van der Waals surface area contributed by atoms with Gasteiger partial charge in [0.05, 0.1) is 0 Å². The van der Waals surface area contributed by atoms with Gasteiger partial charge in [0.25, 0.3) is 0 Å². The fourth-order valence-corrected chi connectivity index (χ4v) is 3.82. The average Bonchev–Trinajstić information content (AvgIpc) is 2.69. The fourth-order valence-electron chi connectivity index (χ4n) is 3.82. The minimum atomic E-state index is -0.625. The standard InChI is InChI=1S/C26H26N2/c1-20-8-6-12-24(18-20)28(25-13-7-9-21(2)19-25)26(27)16-14-23(15-17-26)22-10-4-3-5-11-22/h3-16,18-19H,17,27H2,1-2H3. The molecule has 28 heavy (non-hydrogen) atoms. The van der Waals surface area contributed by atoms with Crippen molar-refractivity contribution in [2.24, 2.45) is 5.73 Å². The number of allylic oxidation sites excluding steroid dienone is 2. The third kappa shape index (κ3) is 3.64. The molecule has 2 nitrogen and oxygen atoms in total. The van der Waals surface area contributed by atoms with Gasteiger partial charge in [0.1, 0.15) is 5.66 Å².